The standard InChI is InChI=1S/C9H10O3/c10-4-7-5-1-2-6(3-5)8(7)9(11)12/h1-2,4-8H,3H2,(H,11,12). The molecule has 3 heteroatoms. The van der Waals surface area contributed by atoms with E-state index in [4.69, 9.17) is 5.11 Å². The van der Waals surface area contributed by atoms with Gasteiger partial charge in [-0.25, -0.2) is 0 Å². The summed E-state index contributed by atoms with van der Waals surface area (Å²) in [4.78, 5) is 21.4. The van der Waals surface area contributed by atoms with Crippen molar-refractivity contribution in [3.05, 3.63) is 12.2 Å². The third-order valence-corrected chi connectivity index (χ3v) is 2.96. The Morgan fingerprint density at radius 2 is 2.08 bits per heavy atom. The number of rotatable bonds is 2. The molecule has 2 bridgehead atoms. The van der Waals surface area contributed by atoms with E-state index < -0.39 is 11.9 Å². The molecule has 0 spiro atoms. The maximum atomic E-state index is 10.8. The normalized spacial score (nSPS) is 43.3. The molecule has 1 saturated carbocycles. The maximum absolute atomic E-state index is 10.8. The van der Waals surface area contributed by atoms with Crippen LogP contribution in [-0.2, 0) is 9.59 Å². The first-order valence-corrected chi connectivity index (χ1v) is 4.10. The molecule has 3 nitrogen and oxygen atoms in total. The fourth-order valence-corrected chi connectivity index (χ4v) is 2.39. The Bertz CT molecular complexity index is 256. The number of hydrogen-bond donors (Lipinski definition) is 1. The highest BCUT2D eigenvalue weighted by molar-refractivity contribution is 5.77. The molecule has 0 amide bonds. The Hall–Kier alpha value is -1.12. The van der Waals surface area contributed by atoms with Gasteiger partial charge < -0.3 is 9.90 Å². The number of carbonyl (C=O) groups is 2. The van der Waals surface area contributed by atoms with Crippen molar-refractivity contribution in [2.24, 2.45) is 23.7 Å². The van der Waals surface area contributed by atoms with Crippen LogP contribution in [0.25, 0.3) is 0 Å². The molecule has 2 rings (SSSR count). The molecular formula is C9H10O3. The first kappa shape index (κ1) is 7.53. The summed E-state index contributed by atoms with van der Waals surface area (Å²) in [6.45, 7) is 0. The smallest absolute Gasteiger partial charge is 0.307 e. The van der Waals surface area contributed by atoms with Crippen LogP contribution >= 0.6 is 0 Å². The van der Waals surface area contributed by atoms with Gasteiger partial charge in [-0.2, -0.15) is 0 Å². The molecule has 0 aromatic rings. The van der Waals surface area contributed by atoms with Crippen molar-refractivity contribution in [1.82, 2.24) is 0 Å². The molecule has 4 unspecified atom stereocenters. The largest absolute Gasteiger partial charge is 0.481 e. The van der Waals surface area contributed by atoms with Crippen LogP contribution in [0.2, 0.25) is 0 Å². The number of aliphatic carboxylic acids is 1. The van der Waals surface area contributed by atoms with Crippen LogP contribution in [0, 0.1) is 23.7 Å². The molecule has 0 radical (unpaired) electrons. The molecule has 1 fully saturated rings. The lowest BCUT2D eigenvalue weighted by atomic mass is 9.84. The van der Waals surface area contributed by atoms with Crippen molar-refractivity contribution in [3.63, 3.8) is 0 Å². The van der Waals surface area contributed by atoms with Crippen LogP contribution in [0.3, 0.4) is 0 Å². The predicted molar refractivity (Wildman–Crippen MR) is 41.4 cm³/mol. The van der Waals surface area contributed by atoms with Crippen molar-refractivity contribution in [2.75, 3.05) is 0 Å². The van der Waals surface area contributed by atoms with E-state index in [1.54, 1.807) is 0 Å². The van der Waals surface area contributed by atoms with Crippen molar-refractivity contribution >= 4 is 12.3 Å². The summed E-state index contributed by atoms with van der Waals surface area (Å²) in [6, 6.07) is 0. The minimum absolute atomic E-state index is 0.0997. The summed E-state index contributed by atoms with van der Waals surface area (Å²) < 4.78 is 0. The third kappa shape index (κ3) is 0.823. The van der Waals surface area contributed by atoms with Gasteiger partial charge in [0.05, 0.1) is 5.92 Å². The second kappa shape index (κ2) is 2.44. The fraction of sp³-hybridized carbons (Fsp3) is 0.556. The van der Waals surface area contributed by atoms with E-state index in [2.05, 4.69) is 0 Å². The van der Waals surface area contributed by atoms with Gasteiger partial charge in [-0.15, -0.1) is 0 Å². The zero-order valence-electron chi connectivity index (χ0n) is 6.51. The number of carbonyl (C=O) groups excluding carboxylic acids is 1. The lowest BCUT2D eigenvalue weighted by Gasteiger charge is -2.18. The Labute approximate surface area is 70.1 Å². The van der Waals surface area contributed by atoms with Gasteiger partial charge in [0.15, 0.2) is 0 Å². The molecule has 0 saturated heterocycles. The number of hydrogen-bond acceptors (Lipinski definition) is 2. The molecular weight excluding hydrogens is 156 g/mol. The molecule has 0 aromatic carbocycles. The van der Waals surface area contributed by atoms with E-state index in [1.165, 1.54) is 0 Å². The van der Waals surface area contributed by atoms with Crippen molar-refractivity contribution in [3.8, 4) is 0 Å². The number of fused-ring (bicyclic) bond motifs is 2. The van der Waals surface area contributed by atoms with Gasteiger partial charge >= 0.3 is 5.97 Å². The highest BCUT2D eigenvalue weighted by Gasteiger charge is 2.48. The quantitative estimate of drug-likeness (QED) is 0.485. The topological polar surface area (TPSA) is 54.4 Å². The van der Waals surface area contributed by atoms with Gasteiger partial charge in [0.1, 0.15) is 6.29 Å². The van der Waals surface area contributed by atoms with Crippen LogP contribution in [0.4, 0.5) is 0 Å². The van der Waals surface area contributed by atoms with Gasteiger partial charge in [-0.05, 0) is 18.3 Å². The van der Waals surface area contributed by atoms with E-state index in [-0.39, 0.29) is 17.8 Å². The maximum Gasteiger partial charge on any atom is 0.307 e. The summed E-state index contributed by atoms with van der Waals surface area (Å²) in [5.74, 6) is -1.28. The minimum Gasteiger partial charge on any atom is -0.481 e. The molecule has 4 atom stereocenters. The number of aldehydes is 1. The van der Waals surface area contributed by atoms with Gasteiger partial charge in [-0.3, -0.25) is 4.79 Å². The second-order valence-electron chi connectivity index (χ2n) is 3.53. The first-order valence-electron chi connectivity index (χ1n) is 4.10. The van der Waals surface area contributed by atoms with E-state index in [9.17, 15) is 9.59 Å². The lowest BCUT2D eigenvalue weighted by Crippen LogP contribution is -2.28. The molecule has 64 valence electrons. The zero-order valence-corrected chi connectivity index (χ0v) is 6.51. The predicted octanol–water partition coefficient (Wildman–Crippen LogP) is 0.708. The molecule has 0 heterocycles. The van der Waals surface area contributed by atoms with Gasteiger partial charge in [-0.1, -0.05) is 12.2 Å². The van der Waals surface area contributed by atoms with Crippen LogP contribution in [0.5, 0.6) is 0 Å². The Kier molecular flexibility index (Phi) is 1.53. The molecule has 2 aliphatic rings. The number of carboxylic acids is 1. The molecule has 2 aliphatic carbocycles. The summed E-state index contributed by atoms with van der Waals surface area (Å²) in [7, 11) is 0. The summed E-state index contributed by atoms with van der Waals surface area (Å²) >= 11 is 0. The highest BCUT2D eigenvalue weighted by atomic mass is 16.4. The van der Waals surface area contributed by atoms with Crippen LogP contribution < -0.4 is 0 Å². The monoisotopic (exact) mass is 166 g/mol. The summed E-state index contributed by atoms with van der Waals surface area (Å²) in [5, 5.41) is 8.84. The molecule has 0 aromatic heterocycles. The van der Waals surface area contributed by atoms with E-state index in [0.29, 0.717) is 0 Å². The fourth-order valence-electron chi connectivity index (χ4n) is 2.39. The van der Waals surface area contributed by atoms with Crippen molar-refractivity contribution in [2.45, 2.75) is 6.42 Å². The van der Waals surface area contributed by atoms with E-state index in [0.717, 1.165) is 12.7 Å². The number of carboxylic acid groups (broad SMARTS) is 1. The summed E-state index contributed by atoms with van der Waals surface area (Å²) in [6.07, 6.45) is 5.56. The molecule has 12 heavy (non-hydrogen) atoms. The highest BCUT2D eigenvalue weighted by Crippen LogP contribution is 2.46. The van der Waals surface area contributed by atoms with Gasteiger partial charge in [0, 0.05) is 5.92 Å². The third-order valence-electron chi connectivity index (χ3n) is 2.96. The average Bonchev–Trinajstić information content (AvgIpc) is 2.60. The number of allylic oxidation sites excluding steroid dienone is 2. The van der Waals surface area contributed by atoms with Crippen molar-refractivity contribution < 1.29 is 14.7 Å². The van der Waals surface area contributed by atoms with Crippen LogP contribution in [-0.4, -0.2) is 17.4 Å². The zero-order chi connectivity index (χ0) is 8.72. The Morgan fingerprint density at radius 3 is 2.58 bits per heavy atom. The van der Waals surface area contributed by atoms with Gasteiger partial charge in [0.25, 0.3) is 0 Å². The first-order chi connectivity index (χ1) is 5.74. The molecule has 0 aliphatic heterocycles. The van der Waals surface area contributed by atoms with E-state index in [1.807, 2.05) is 12.2 Å². The average molecular weight is 166 g/mol. The Balaban J connectivity index is 2.28. The Morgan fingerprint density at radius 1 is 1.42 bits per heavy atom. The van der Waals surface area contributed by atoms with Crippen molar-refractivity contribution in [1.29, 1.82) is 0 Å². The molecule has 1 N–H and O–H groups in total. The van der Waals surface area contributed by atoms with Gasteiger partial charge in [0.2, 0.25) is 0 Å². The second-order valence-corrected chi connectivity index (χ2v) is 3.53. The SMILES string of the molecule is O=CC1C2C=CC(C2)C1C(=O)O. The van der Waals surface area contributed by atoms with E-state index >= 15 is 0 Å². The minimum atomic E-state index is -0.830. The lowest BCUT2D eigenvalue weighted by molar-refractivity contribution is -0.145. The van der Waals surface area contributed by atoms with Crippen LogP contribution in [0.15, 0.2) is 12.2 Å². The summed E-state index contributed by atoms with van der Waals surface area (Å²) in [5.41, 5.74) is 0. The van der Waals surface area contributed by atoms with Crippen LogP contribution in [0.1, 0.15) is 6.42 Å².